The van der Waals surface area contributed by atoms with Crippen LogP contribution in [0.1, 0.15) is 11.3 Å². The van der Waals surface area contributed by atoms with E-state index in [-0.39, 0.29) is 12.3 Å². The summed E-state index contributed by atoms with van der Waals surface area (Å²) >= 11 is 0. The van der Waals surface area contributed by atoms with Crippen molar-refractivity contribution in [3.05, 3.63) is 84.3 Å². The number of nitrogens with zero attached hydrogens (tertiary/aromatic N) is 3. The molecule has 0 saturated heterocycles. The summed E-state index contributed by atoms with van der Waals surface area (Å²) in [5, 5.41) is 7.79. The highest BCUT2D eigenvalue weighted by molar-refractivity contribution is 5.94. The molecule has 29 heavy (non-hydrogen) atoms. The van der Waals surface area contributed by atoms with Crippen molar-refractivity contribution in [1.82, 2.24) is 14.5 Å². The number of anilines is 1. The summed E-state index contributed by atoms with van der Waals surface area (Å²) in [6.45, 7) is 2.04. The largest absolute Gasteiger partial charge is 0.356 e. The van der Waals surface area contributed by atoms with Crippen LogP contribution < -0.4 is 5.32 Å². The number of amides is 1. The fraction of sp³-hybridized carbons (Fsp3) is 0.0870. The molecule has 0 fully saturated rings. The van der Waals surface area contributed by atoms with Gasteiger partial charge in [0.15, 0.2) is 5.58 Å². The Hall–Kier alpha value is -3.93. The molecule has 142 valence electrons. The van der Waals surface area contributed by atoms with E-state index >= 15 is 0 Å². The van der Waals surface area contributed by atoms with Gasteiger partial charge in [0.05, 0.1) is 12.1 Å². The van der Waals surface area contributed by atoms with Crippen molar-refractivity contribution in [3.8, 4) is 11.3 Å². The molecule has 1 amide bonds. The molecule has 0 unspecified atom stereocenters. The van der Waals surface area contributed by atoms with E-state index in [2.05, 4.69) is 10.5 Å². The monoisotopic (exact) mass is 382 g/mol. The number of fused-ring (bicyclic) bond motifs is 2. The summed E-state index contributed by atoms with van der Waals surface area (Å²) in [6.07, 6.45) is 4.15. The Morgan fingerprint density at radius 3 is 2.72 bits per heavy atom. The Bertz CT molecular complexity index is 1330. The molecular weight excluding hydrogens is 364 g/mol. The molecule has 0 aliphatic carbocycles. The zero-order valence-corrected chi connectivity index (χ0v) is 15.8. The number of aryl methyl sites for hydroxylation is 1. The van der Waals surface area contributed by atoms with Crippen molar-refractivity contribution in [3.63, 3.8) is 0 Å². The van der Waals surface area contributed by atoms with E-state index in [4.69, 9.17) is 9.51 Å². The predicted octanol–water partition coefficient (Wildman–Crippen LogP) is 4.63. The number of rotatable bonds is 4. The van der Waals surface area contributed by atoms with Gasteiger partial charge in [-0.25, -0.2) is 4.98 Å². The first-order valence-electron chi connectivity index (χ1n) is 9.35. The summed E-state index contributed by atoms with van der Waals surface area (Å²) in [5.41, 5.74) is 6.01. The molecule has 0 bridgehead atoms. The van der Waals surface area contributed by atoms with Crippen molar-refractivity contribution in [2.75, 3.05) is 5.32 Å². The van der Waals surface area contributed by atoms with Gasteiger partial charge < -0.3 is 14.2 Å². The van der Waals surface area contributed by atoms with Crippen LogP contribution in [-0.2, 0) is 11.2 Å². The second-order valence-corrected chi connectivity index (χ2v) is 6.98. The lowest BCUT2D eigenvalue weighted by atomic mass is 10.1. The maximum Gasteiger partial charge on any atom is 0.230 e. The van der Waals surface area contributed by atoms with Gasteiger partial charge in [-0.1, -0.05) is 35.5 Å². The molecule has 0 spiro atoms. The first kappa shape index (κ1) is 17.2. The van der Waals surface area contributed by atoms with Gasteiger partial charge in [-0.2, -0.15) is 0 Å². The minimum atomic E-state index is -0.139. The maximum absolute atomic E-state index is 12.4. The molecule has 0 atom stereocenters. The molecule has 0 aliphatic rings. The molecule has 2 aromatic carbocycles. The normalized spacial score (nSPS) is 11.2. The smallest absolute Gasteiger partial charge is 0.230 e. The number of nitrogens with one attached hydrogen (secondary N) is 1. The zero-order chi connectivity index (χ0) is 19.8. The number of hydrogen-bond donors (Lipinski definition) is 1. The summed E-state index contributed by atoms with van der Waals surface area (Å²) in [4.78, 5) is 17.1. The Kier molecular flexibility index (Phi) is 4.09. The van der Waals surface area contributed by atoms with Crippen LogP contribution in [0.2, 0.25) is 0 Å². The van der Waals surface area contributed by atoms with E-state index in [1.165, 1.54) is 0 Å². The van der Waals surface area contributed by atoms with Crippen molar-refractivity contribution < 1.29 is 9.32 Å². The van der Waals surface area contributed by atoms with Crippen molar-refractivity contribution >= 4 is 28.2 Å². The lowest BCUT2D eigenvalue weighted by Gasteiger charge is -2.05. The molecule has 0 radical (unpaired) electrons. The number of carbonyl (C=O) groups excluding carboxylic acids is 1. The molecule has 3 aromatic heterocycles. The van der Waals surface area contributed by atoms with Gasteiger partial charge in [-0.05, 0) is 42.8 Å². The molecule has 0 aliphatic heterocycles. The minimum Gasteiger partial charge on any atom is -0.356 e. The number of benzene rings is 2. The second kappa shape index (κ2) is 6.91. The van der Waals surface area contributed by atoms with E-state index in [9.17, 15) is 4.79 Å². The van der Waals surface area contributed by atoms with E-state index in [0.717, 1.165) is 33.5 Å². The molecule has 1 N–H and O–H groups in total. The highest BCUT2D eigenvalue weighted by Gasteiger charge is 2.12. The fourth-order valence-electron chi connectivity index (χ4n) is 3.44. The van der Waals surface area contributed by atoms with Crippen molar-refractivity contribution in [2.45, 2.75) is 13.3 Å². The first-order valence-corrected chi connectivity index (χ1v) is 9.35. The van der Waals surface area contributed by atoms with Crippen LogP contribution >= 0.6 is 0 Å². The molecule has 6 nitrogen and oxygen atoms in total. The van der Waals surface area contributed by atoms with Gasteiger partial charge >= 0.3 is 0 Å². The van der Waals surface area contributed by atoms with Crippen LogP contribution in [0.3, 0.4) is 0 Å². The number of aromatic nitrogens is 3. The van der Waals surface area contributed by atoms with Crippen LogP contribution in [0, 0.1) is 6.92 Å². The lowest BCUT2D eigenvalue weighted by Crippen LogP contribution is -2.14. The van der Waals surface area contributed by atoms with Crippen LogP contribution in [0.25, 0.3) is 27.9 Å². The Morgan fingerprint density at radius 2 is 1.90 bits per heavy atom. The number of hydrogen-bond acceptors (Lipinski definition) is 4. The van der Waals surface area contributed by atoms with Gasteiger partial charge in [-0.15, -0.1) is 0 Å². The average Bonchev–Trinajstić information content (AvgIpc) is 3.34. The van der Waals surface area contributed by atoms with E-state index in [1.807, 2.05) is 84.4 Å². The third kappa shape index (κ3) is 3.25. The summed E-state index contributed by atoms with van der Waals surface area (Å²) in [6, 6.07) is 19.2. The lowest BCUT2D eigenvalue weighted by molar-refractivity contribution is -0.115. The number of imidazole rings is 1. The van der Waals surface area contributed by atoms with Crippen molar-refractivity contribution in [2.24, 2.45) is 0 Å². The predicted molar refractivity (Wildman–Crippen MR) is 112 cm³/mol. The summed E-state index contributed by atoms with van der Waals surface area (Å²) in [5.74, 6) is -0.139. The number of pyridine rings is 1. The minimum absolute atomic E-state index is 0.139. The van der Waals surface area contributed by atoms with Crippen molar-refractivity contribution in [1.29, 1.82) is 0 Å². The number of carbonyl (C=O) groups is 1. The van der Waals surface area contributed by atoms with Gasteiger partial charge in [0.25, 0.3) is 0 Å². The standard InChI is InChI=1S/C23H18N4O2/c1-15-5-4-12-27-14-20(25-23(15)27)16-8-10-17(11-9-16)24-22(28)13-19-18-6-2-3-7-21(18)29-26-19/h2-12,14H,13H2,1H3,(H,24,28). The van der Waals surface area contributed by atoms with E-state index < -0.39 is 0 Å². The molecular formula is C23H18N4O2. The Morgan fingerprint density at radius 1 is 1.07 bits per heavy atom. The quantitative estimate of drug-likeness (QED) is 0.492. The third-order valence-corrected chi connectivity index (χ3v) is 4.92. The second-order valence-electron chi connectivity index (χ2n) is 6.98. The fourth-order valence-corrected chi connectivity index (χ4v) is 3.44. The molecule has 5 rings (SSSR count). The van der Waals surface area contributed by atoms with Crippen LogP contribution in [0.5, 0.6) is 0 Å². The molecule has 3 heterocycles. The van der Waals surface area contributed by atoms with Gasteiger partial charge in [-0.3, -0.25) is 4.79 Å². The maximum atomic E-state index is 12.4. The summed E-state index contributed by atoms with van der Waals surface area (Å²) < 4.78 is 7.28. The van der Waals surface area contributed by atoms with E-state index in [0.29, 0.717) is 11.3 Å². The Balaban J connectivity index is 1.32. The zero-order valence-electron chi connectivity index (χ0n) is 15.8. The van der Waals surface area contributed by atoms with Gasteiger partial charge in [0, 0.05) is 29.0 Å². The van der Waals surface area contributed by atoms with Gasteiger partial charge in [0.1, 0.15) is 11.3 Å². The van der Waals surface area contributed by atoms with Crippen LogP contribution in [-0.4, -0.2) is 20.4 Å². The topological polar surface area (TPSA) is 72.4 Å². The first-order chi connectivity index (χ1) is 14.2. The van der Waals surface area contributed by atoms with E-state index in [1.54, 1.807) is 0 Å². The van der Waals surface area contributed by atoms with Gasteiger partial charge in [0.2, 0.25) is 5.91 Å². The Labute approximate surface area is 166 Å². The van der Waals surface area contributed by atoms with Crippen LogP contribution in [0.15, 0.2) is 77.6 Å². The van der Waals surface area contributed by atoms with Crippen LogP contribution in [0.4, 0.5) is 5.69 Å². The SMILES string of the molecule is Cc1cccn2cc(-c3ccc(NC(=O)Cc4noc5ccccc45)cc3)nc12. The molecule has 5 aromatic rings. The molecule has 6 heteroatoms. The molecule has 0 saturated carbocycles. The number of para-hydroxylation sites is 1. The third-order valence-electron chi connectivity index (χ3n) is 4.92. The highest BCUT2D eigenvalue weighted by Crippen LogP contribution is 2.23. The highest BCUT2D eigenvalue weighted by atomic mass is 16.5. The summed E-state index contributed by atoms with van der Waals surface area (Å²) in [7, 11) is 0. The average molecular weight is 382 g/mol.